The van der Waals surface area contributed by atoms with Crippen LogP contribution in [0.2, 0.25) is 0 Å². The Bertz CT molecular complexity index is 904. The fourth-order valence-corrected chi connectivity index (χ4v) is 2.78. The highest BCUT2D eigenvalue weighted by Crippen LogP contribution is 2.14. The molecule has 0 spiro atoms. The second-order valence-electron chi connectivity index (χ2n) is 5.96. The average molecular weight is 402 g/mol. The average Bonchev–Trinajstić information content (AvgIpc) is 2.58. The molecule has 1 aromatic heterocycles. The minimum atomic E-state index is -0.288. The first-order valence-electron chi connectivity index (χ1n) is 8.01. The van der Waals surface area contributed by atoms with Crippen LogP contribution in [0.3, 0.4) is 0 Å². The Hall–Kier alpha value is -2.20. The van der Waals surface area contributed by atoms with Gasteiger partial charge < -0.3 is 4.57 Å². The number of hydrogen-bond acceptors (Lipinski definition) is 1. The van der Waals surface area contributed by atoms with E-state index in [-0.39, 0.29) is 11.4 Å². The van der Waals surface area contributed by atoms with Crippen LogP contribution in [0.4, 0.5) is 4.39 Å². The van der Waals surface area contributed by atoms with Crippen molar-refractivity contribution in [3.8, 4) is 0 Å². The van der Waals surface area contributed by atoms with Gasteiger partial charge >= 0.3 is 0 Å². The molecule has 0 radical (unpaired) electrons. The molecule has 4 heteroatoms. The fraction of sp³-hybridized carbons (Fsp3) is 0.190. The molecule has 0 saturated heterocycles. The van der Waals surface area contributed by atoms with Gasteiger partial charge in [0.1, 0.15) is 5.82 Å². The maximum Gasteiger partial charge on any atom is 0.265 e. The Labute approximate surface area is 156 Å². The van der Waals surface area contributed by atoms with E-state index in [9.17, 15) is 9.18 Å². The van der Waals surface area contributed by atoms with E-state index in [0.717, 1.165) is 16.8 Å². The first kappa shape index (κ1) is 19.1. The molecular formula is C21H21BrFNO. The summed E-state index contributed by atoms with van der Waals surface area (Å²) >= 11 is 3.28. The number of hydrogen-bond donors (Lipinski definition) is 0. The van der Waals surface area contributed by atoms with Crippen molar-refractivity contribution >= 4 is 15.9 Å². The SMILES string of the molecule is Cc1cc(C)n(Cc2cccc(F)c2)c(=O)c1Br.Cc1ccccc1. The van der Waals surface area contributed by atoms with Crippen molar-refractivity contribution in [3.05, 3.63) is 104 Å². The first-order chi connectivity index (χ1) is 11.9. The van der Waals surface area contributed by atoms with Crippen molar-refractivity contribution in [2.75, 3.05) is 0 Å². The number of rotatable bonds is 2. The summed E-state index contributed by atoms with van der Waals surface area (Å²) in [6.45, 7) is 6.21. The molecule has 2 nitrogen and oxygen atoms in total. The molecule has 0 N–H and O–H groups in total. The summed E-state index contributed by atoms with van der Waals surface area (Å²) in [7, 11) is 0. The van der Waals surface area contributed by atoms with Gasteiger partial charge in [-0.3, -0.25) is 4.79 Å². The first-order valence-corrected chi connectivity index (χ1v) is 8.80. The quantitative estimate of drug-likeness (QED) is 0.562. The molecule has 25 heavy (non-hydrogen) atoms. The Morgan fingerprint density at radius 3 is 2.20 bits per heavy atom. The zero-order chi connectivity index (χ0) is 18.4. The molecule has 0 unspecified atom stereocenters. The highest BCUT2D eigenvalue weighted by atomic mass is 79.9. The summed E-state index contributed by atoms with van der Waals surface area (Å²) in [5, 5.41) is 0. The molecule has 0 amide bonds. The zero-order valence-electron chi connectivity index (χ0n) is 14.6. The third-order valence-corrected chi connectivity index (χ3v) is 4.77. The summed E-state index contributed by atoms with van der Waals surface area (Å²) in [6, 6.07) is 18.5. The lowest BCUT2D eigenvalue weighted by Gasteiger charge is -2.12. The van der Waals surface area contributed by atoms with Crippen molar-refractivity contribution < 1.29 is 4.39 Å². The normalized spacial score (nSPS) is 10.1. The van der Waals surface area contributed by atoms with Gasteiger partial charge in [-0.15, -0.1) is 0 Å². The Morgan fingerprint density at radius 1 is 0.960 bits per heavy atom. The van der Waals surface area contributed by atoms with Crippen LogP contribution in [-0.4, -0.2) is 4.57 Å². The van der Waals surface area contributed by atoms with Crippen molar-refractivity contribution in [2.24, 2.45) is 0 Å². The molecule has 0 aliphatic carbocycles. The third-order valence-electron chi connectivity index (χ3n) is 3.80. The molecule has 130 valence electrons. The highest BCUT2D eigenvalue weighted by molar-refractivity contribution is 9.10. The van der Waals surface area contributed by atoms with Crippen LogP contribution in [0.25, 0.3) is 0 Å². The van der Waals surface area contributed by atoms with E-state index in [4.69, 9.17) is 0 Å². The molecular weight excluding hydrogens is 381 g/mol. The zero-order valence-corrected chi connectivity index (χ0v) is 16.2. The highest BCUT2D eigenvalue weighted by Gasteiger charge is 2.08. The number of aryl methyl sites for hydroxylation is 3. The monoisotopic (exact) mass is 401 g/mol. The van der Waals surface area contributed by atoms with Gasteiger partial charge in [-0.1, -0.05) is 48.0 Å². The summed E-state index contributed by atoms with van der Waals surface area (Å²) in [5.41, 5.74) is 3.79. The van der Waals surface area contributed by atoms with E-state index < -0.39 is 0 Å². The topological polar surface area (TPSA) is 22.0 Å². The van der Waals surface area contributed by atoms with E-state index in [0.29, 0.717) is 11.0 Å². The van der Waals surface area contributed by atoms with Crippen molar-refractivity contribution in [1.82, 2.24) is 4.57 Å². The van der Waals surface area contributed by atoms with Gasteiger partial charge in [0.2, 0.25) is 0 Å². The summed E-state index contributed by atoms with van der Waals surface area (Å²) in [4.78, 5) is 12.1. The van der Waals surface area contributed by atoms with E-state index >= 15 is 0 Å². The smallest absolute Gasteiger partial charge is 0.265 e. The largest absolute Gasteiger partial charge is 0.308 e. The predicted molar refractivity (Wildman–Crippen MR) is 105 cm³/mol. The lowest BCUT2D eigenvalue weighted by Crippen LogP contribution is -2.24. The van der Waals surface area contributed by atoms with Crippen molar-refractivity contribution in [3.63, 3.8) is 0 Å². The fourth-order valence-electron chi connectivity index (χ4n) is 2.45. The molecule has 3 aromatic rings. The van der Waals surface area contributed by atoms with Gasteiger partial charge in [-0.05, 0) is 66.0 Å². The Kier molecular flexibility index (Phi) is 6.71. The van der Waals surface area contributed by atoms with Gasteiger partial charge in [-0.2, -0.15) is 0 Å². The van der Waals surface area contributed by atoms with Crippen LogP contribution in [0, 0.1) is 26.6 Å². The number of aromatic nitrogens is 1. The molecule has 0 aliphatic heterocycles. The molecule has 0 bridgehead atoms. The summed E-state index contributed by atoms with van der Waals surface area (Å²) in [6.07, 6.45) is 0. The Balaban J connectivity index is 0.000000269. The van der Waals surface area contributed by atoms with Gasteiger partial charge in [0.05, 0.1) is 11.0 Å². The third kappa shape index (κ3) is 5.40. The van der Waals surface area contributed by atoms with Crippen molar-refractivity contribution in [2.45, 2.75) is 27.3 Å². The maximum absolute atomic E-state index is 13.1. The molecule has 0 atom stereocenters. The number of benzene rings is 2. The predicted octanol–water partition coefficient (Wildman–Crippen LogP) is 5.41. The van der Waals surface area contributed by atoms with Crippen LogP contribution in [0.15, 0.2) is 69.9 Å². The molecule has 2 aromatic carbocycles. The van der Waals surface area contributed by atoms with Crippen LogP contribution >= 0.6 is 15.9 Å². The molecule has 0 aliphatic rings. The van der Waals surface area contributed by atoms with Crippen LogP contribution in [-0.2, 0) is 6.54 Å². The van der Waals surface area contributed by atoms with E-state index in [2.05, 4.69) is 35.0 Å². The minimum Gasteiger partial charge on any atom is -0.308 e. The number of pyridine rings is 1. The van der Waals surface area contributed by atoms with Gasteiger partial charge in [-0.25, -0.2) is 4.39 Å². The van der Waals surface area contributed by atoms with Gasteiger partial charge in [0.15, 0.2) is 0 Å². The second-order valence-corrected chi connectivity index (χ2v) is 6.75. The molecule has 0 saturated carbocycles. The molecule has 0 fully saturated rings. The number of nitrogens with zero attached hydrogens (tertiary/aromatic N) is 1. The van der Waals surface area contributed by atoms with Crippen molar-refractivity contribution in [1.29, 1.82) is 0 Å². The summed E-state index contributed by atoms with van der Waals surface area (Å²) in [5.74, 6) is -0.288. The maximum atomic E-state index is 13.1. The number of halogens is 2. The van der Waals surface area contributed by atoms with E-state index in [1.54, 1.807) is 10.6 Å². The van der Waals surface area contributed by atoms with Crippen LogP contribution in [0.1, 0.15) is 22.4 Å². The van der Waals surface area contributed by atoms with E-state index in [1.807, 2.05) is 44.2 Å². The lowest BCUT2D eigenvalue weighted by atomic mass is 10.2. The van der Waals surface area contributed by atoms with Gasteiger partial charge in [0.25, 0.3) is 5.56 Å². The lowest BCUT2D eigenvalue weighted by molar-refractivity contribution is 0.621. The standard InChI is InChI=1S/C14H13BrFNO.C7H8/c1-9-6-10(2)17(14(18)13(9)15)8-11-4-3-5-12(16)7-11;1-7-5-3-2-4-6-7/h3-7H,8H2,1-2H3;2-6H,1H3. The summed E-state index contributed by atoms with van der Waals surface area (Å²) < 4.78 is 15.3. The molecule has 3 rings (SSSR count). The van der Waals surface area contributed by atoms with Crippen LogP contribution < -0.4 is 5.56 Å². The molecule has 1 heterocycles. The van der Waals surface area contributed by atoms with E-state index in [1.165, 1.54) is 17.7 Å². The minimum absolute atomic E-state index is 0.0863. The van der Waals surface area contributed by atoms with Crippen LogP contribution in [0.5, 0.6) is 0 Å². The Morgan fingerprint density at radius 2 is 1.64 bits per heavy atom. The second kappa shape index (κ2) is 8.77. The van der Waals surface area contributed by atoms with Gasteiger partial charge in [0, 0.05) is 5.69 Å².